The van der Waals surface area contributed by atoms with E-state index in [4.69, 9.17) is 17.0 Å². The highest BCUT2D eigenvalue weighted by molar-refractivity contribution is 7.80. The Hall–Kier alpha value is -0.570. The van der Waals surface area contributed by atoms with Crippen molar-refractivity contribution < 1.29 is 4.74 Å². The van der Waals surface area contributed by atoms with Gasteiger partial charge in [-0.1, -0.05) is 12.7 Å². The maximum Gasteiger partial charge on any atom is 0.257 e. The van der Waals surface area contributed by atoms with Crippen LogP contribution in [0.1, 0.15) is 13.8 Å². The van der Waals surface area contributed by atoms with Gasteiger partial charge >= 0.3 is 0 Å². The summed E-state index contributed by atoms with van der Waals surface area (Å²) in [5, 5.41) is 3.38. The minimum absolute atomic E-state index is 0.331. The average Bonchev–Trinajstić information content (AvgIpc) is 1.82. The number of thiocarbonyl (C=S) groups is 1. The van der Waals surface area contributed by atoms with Crippen LogP contribution in [0.2, 0.25) is 0 Å². The Balaban J connectivity index is 3.34. The van der Waals surface area contributed by atoms with Gasteiger partial charge < -0.3 is 10.1 Å². The topological polar surface area (TPSA) is 21.3 Å². The van der Waals surface area contributed by atoms with Gasteiger partial charge in [-0.05, 0) is 26.1 Å². The minimum Gasteiger partial charge on any atom is -0.467 e. The van der Waals surface area contributed by atoms with Crippen LogP contribution in [-0.2, 0) is 4.74 Å². The first kappa shape index (κ1) is 9.43. The Morgan fingerprint density at radius 1 is 1.80 bits per heavy atom. The standard InChI is InChI=1S/C7H13NOS/c1-4-5-9-7(10)8-6(2)3/h4,6H,1,5H2,2-3H3,(H,8,10). The molecule has 0 aromatic heterocycles. The zero-order chi connectivity index (χ0) is 7.98. The van der Waals surface area contributed by atoms with Gasteiger partial charge in [0.05, 0.1) is 0 Å². The van der Waals surface area contributed by atoms with Crippen molar-refractivity contribution in [2.24, 2.45) is 0 Å². The van der Waals surface area contributed by atoms with Crippen LogP contribution in [0, 0.1) is 0 Å². The summed E-state index contributed by atoms with van der Waals surface area (Å²) in [7, 11) is 0. The summed E-state index contributed by atoms with van der Waals surface area (Å²) in [5.41, 5.74) is 0. The van der Waals surface area contributed by atoms with E-state index in [0.29, 0.717) is 17.8 Å². The third kappa shape index (κ3) is 5.56. The predicted molar refractivity (Wildman–Crippen MR) is 47.0 cm³/mol. The summed E-state index contributed by atoms with van der Waals surface area (Å²) in [6.07, 6.45) is 1.66. The van der Waals surface area contributed by atoms with E-state index >= 15 is 0 Å². The molecule has 0 radical (unpaired) electrons. The van der Waals surface area contributed by atoms with Crippen LogP contribution in [0.15, 0.2) is 12.7 Å². The van der Waals surface area contributed by atoms with Crippen LogP contribution in [0.3, 0.4) is 0 Å². The first-order valence-corrected chi connectivity index (χ1v) is 3.62. The van der Waals surface area contributed by atoms with Crippen LogP contribution < -0.4 is 5.32 Å². The van der Waals surface area contributed by atoms with E-state index in [-0.39, 0.29) is 0 Å². The molecule has 1 N–H and O–H groups in total. The van der Waals surface area contributed by atoms with Gasteiger partial charge in [0.15, 0.2) is 0 Å². The first-order valence-electron chi connectivity index (χ1n) is 3.21. The summed E-state index contributed by atoms with van der Waals surface area (Å²) in [6.45, 7) is 7.98. The molecule has 58 valence electrons. The molecule has 10 heavy (non-hydrogen) atoms. The van der Waals surface area contributed by atoms with Crippen LogP contribution in [0.5, 0.6) is 0 Å². The Morgan fingerprint density at radius 3 is 2.80 bits per heavy atom. The first-order chi connectivity index (χ1) is 4.66. The lowest BCUT2D eigenvalue weighted by Crippen LogP contribution is -2.30. The molecule has 3 heteroatoms. The second-order valence-corrected chi connectivity index (χ2v) is 2.56. The molecule has 0 unspecified atom stereocenters. The van der Waals surface area contributed by atoms with Crippen molar-refractivity contribution in [1.29, 1.82) is 0 Å². The fourth-order valence-electron chi connectivity index (χ4n) is 0.412. The van der Waals surface area contributed by atoms with Crippen molar-refractivity contribution in [2.45, 2.75) is 19.9 Å². The van der Waals surface area contributed by atoms with Gasteiger partial charge in [-0.15, -0.1) is 0 Å². The molecule has 0 aromatic rings. The Morgan fingerprint density at radius 2 is 2.40 bits per heavy atom. The summed E-state index contributed by atoms with van der Waals surface area (Å²) in [6, 6.07) is 0.331. The monoisotopic (exact) mass is 159 g/mol. The van der Waals surface area contributed by atoms with E-state index in [2.05, 4.69) is 11.9 Å². The molecule has 0 amide bonds. The maximum atomic E-state index is 5.00. The van der Waals surface area contributed by atoms with E-state index < -0.39 is 0 Å². The highest BCUT2D eigenvalue weighted by Gasteiger charge is 1.95. The van der Waals surface area contributed by atoms with Crippen molar-refractivity contribution in [3.8, 4) is 0 Å². The normalized spacial score (nSPS) is 9.10. The Labute approximate surface area is 67.3 Å². The largest absolute Gasteiger partial charge is 0.467 e. The van der Waals surface area contributed by atoms with Gasteiger partial charge in [0.2, 0.25) is 0 Å². The Bertz CT molecular complexity index is 123. The number of nitrogens with one attached hydrogen (secondary N) is 1. The van der Waals surface area contributed by atoms with Gasteiger partial charge in [0.25, 0.3) is 5.17 Å². The zero-order valence-electron chi connectivity index (χ0n) is 6.39. The van der Waals surface area contributed by atoms with Crippen LogP contribution in [-0.4, -0.2) is 17.8 Å². The summed E-state index contributed by atoms with van der Waals surface area (Å²) >= 11 is 4.81. The van der Waals surface area contributed by atoms with Crippen LogP contribution in [0.4, 0.5) is 0 Å². The third-order valence-electron chi connectivity index (χ3n) is 0.739. The zero-order valence-corrected chi connectivity index (χ0v) is 7.20. The molecule has 0 spiro atoms. The van der Waals surface area contributed by atoms with E-state index in [1.165, 1.54) is 0 Å². The van der Waals surface area contributed by atoms with E-state index in [0.717, 1.165) is 0 Å². The maximum absolute atomic E-state index is 5.00. The lowest BCUT2D eigenvalue weighted by molar-refractivity contribution is 0.338. The van der Waals surface area contributed by atoms with Crippen molar-refractivity contribution in [3.63, 3.8) is 0 Å². The lowest BCUT2D eigenvalue weighted by atomic mass is 10.4. The van der Waals surface area contributed by atoms with E-state index in [1.54, 1.807) is 6.08 Å². The molecular weight excluding hydrogens is 146 g/mol. The van der Waals surface area contributed by atoms with Crippen molar-refractivity contribution in [3.05, 3.63) is 12.7 Å². The lowest BCUT2D eigenvalue weighted by Gasteiger charge is -2.10. The van der Waals surface area contributed by atoms with Crippen LogP contribution >= 0.6 is 12.2 Å². The number of hydrogen-bond acceptors (Lipinski definition) is 2. The van der Waals surface area contributed by atoms with E-state index in [9.17, 15) is 0 Å². The molecule has 0 aliphatic heterocycles. The number of hydrogen-bond donors (Lipinski definition) is 1. The number of rotatable bonds is 3. The molecule has 0 aromatic carbocycles. The second-order valence-electron chi connectivity index (χ2n) is 2.19. The molecule has 0 bridgehead atoms. The molecule has 0 heterocycles. The Kier molecular flexibility index (Phi) is 4.94. The highest BCUT2D eigenvalue weighted by Crippen LogP contribution is 1.82. The molecule has 0 aliphatic carbocycles. The minimum atomic E-state index is 0.331. The smallest absolute Gasteiger partial charge is 0.257 e. The number of ether oxygens (including phenoxy) is 1. The fraction of sp³-hybridized carbons (Fsp3) is 0.571. The van der Waals surface area contributed by atoms with Crippen molar-refractivity contribution in [2.75, 3.05) is 6.61 Å². The summed E-state index contributed by atoms with van der Waals surface area (Å²) in [4.78, 5) is 0. The molecule has 0 fully saturated rings. The van der Waals surface area contributed by atoms with Gasteiger partial charge in [-0.3, -0.25) is 0 Å². The van der Waals surface area contributed by atoms with Gasteiger partial charge in [-0.2, -0.15) is 0 Å². The molecule has 2 nitrogen and oxygen atoms in total. The molecule has 0 saturated heterocycles. The third-order valence-corrected chi connectivity index (χ3v) is 0.975. The molecule has 0 atom stereocenters. The van der Waals surface area contributed by atoms with Crippen LogP contribution in [0.25, 0.3) is 0 Å². The highest BCUT2D eigenvalue weighted by atomic mass is 32.1. The SMILES string of the molecule is C=CCOC(=S)NC(C)C. The predicted octanol–water partition coefficient (Wildman–Crippen LogP) is 1.47. The second kappa shape index (κ2) is 5.23. The average molecular weight is 159 g/mol. The molecule has 0 aliphatic rings. The summed E-state index contributed by atoms with van der Waals surface area (Å²) < 4.78 is 5.00. The van der Waals surface area contributed by atoms with Crippen molar-refractivity contribution in [1.82, 2.24) is 5.32 Å². The van der Waals surface area contributed by atoms with Crippen molar-refractivity contribution >= 4 is 17.4 Å². The molecule has 0 saturated carbocycles. The van der Waals surface area contributed by atoms with E-state index in [1.807, 2.05) is 13.8 Å². The molecular formula is C7H13NOS. The fourth-order valence-corrected chi connectivity index (χ4v) is 0.716. The van der Waals surface area contributed by atoms with Gasteiger partial charge in [-0.25, -0.2) is 0 Å². The quantitative estimate of drug-likeness (QED) is 0.498. The molecule has 0 rings (SSSR count). The van der Waals surface area contributed by atoms with Gasteiger partial charge in [0.1, 0.15) is 6.61 Å². The summed E-state index contributed by atoms with van der Waals surface area (Å²) in [5.74, 6) is 0. The van der Waals surface area contributed by atoms with Gasteiger partial charge in [0, 0.05) is 6.04 Å².